The molecule has 0 aliphatic rings. The van der Waals surface area contributed by atoms with Crippen molar-refractivity contribution in [3.63, 3.8) is 0 Å². The number of rotatable bonds is 7. The van der Waals surface area contributed by atoms with Crippen LogP contribution in [-0.4, -0.2) is 28.4 Å². The number of furan rings is 1. The molecule has 214 valence electrons. The normalized spacial score (nSPS) is 11.4. The predicted octanol–water partition coefficient (Wildman–Crippen LogP) is 8.14. The average molecular weight is 769 g/mol. The highest BCUT2D eigenvalue weighted by atomic mass is 79.9. The maximum Gasteiger partial charge on any atom is 0.282 e. The number of fused-ring (bicyclic) bond motifs is 2. The van der Waals surface area contributed by atoms with Gasteiger partial charge in [-0.2, -0.15) is 9.78 Å². The zero-order chi connectivity index (χ0) is 30.1. The molecule has 0 fully saturated rings. The van der Waals surface area contributed by atoms with E-state index in [0.717, 1.165) is 9.86 Å². The molecule has 2 heterocycles. The molecule has 4 aromatic carbocycles. The fraction of sp³-hybridized carbons (Fsp3) is 0.0323. The van der Waals surface area contributed by atoms with Crippen molar-refractivity contribution < 1.29 is 18.3 Å². The predicted molar refractivity (Wildman–Crippen MR) is 174 cm³/mol. The van der Waals surface area contributed by atoms with Crippen LogP contribution in [0.2, 0.25) is 0 Å². The van der Waals surface area contributed by atoms with Crippen molar-refractivity contribution in [3.05, 3.63) is 120 Å². The number of aromatic nitrogens is 2. The minimum Gasteiger partial charge on any atom is -0.481 e. The summed E-state index contributed by atoms with van der Waals surface area (Å²) in [5.41, 5.74) is 1.75. The number of nitrogens with one attached hydrogen (secondary N) is 1. The van der Waals surface area contributed by atoms with Gasteiger partial charge in [0.2, 0.25) is 5.82 Å². The molecule has 6 rings (SSSR count). The molecule has 8 nitrogen and oxygen atoms in total. The van der Waals surface area contributed by atoms with Crippen molar-refractivity contribution in [3.8, 4) is 17.3 Å². The maximum atomic E-state index is 13.6. The van der Waals surface area contributed by atoms with Crippen LogP contribution in [0.4, 0.5) is 10.1 Å². The summed E-state index contributed by atoms with van der Waals surface area (Å²) in [6, 6.07) is 23.5. The average Bonchev–Trinajstić information content (AvgIpc) is 3.39. The Bertz CT molecular complexity index is 2100. The van der Waals surface area contributed by atoms with Gasteiger partial charge in [-0.1, -0.05) is 34.1 Å². The SMILES string of the molecule is O=C(COc1c(Br)cc(C=Nn2c(-c3cc4cc(Br)ccc4o3)nc3ccccc3c2=O)cc1Br)Nc1cccc(F)c1. The van der Waals surface area contributed by atoms with E-state index in [1.807, 2.05) is 30.3 Å². The van der Waals surface area contributed by atoms with Crippen LogP contribution < -0.4 is 15.6 Å². The number of para-hydroxylation sites is 1. The fourth-order valence-electron chi connectivity index (χ4n) is 4.33. The minimum absolute atomic E-state index is 0.245. The number of nitrogens with zero attached hydrogens (tertiary/aromatic N) is 3. The first-order valence-electron chi connectivity index (χ1n) is 12.7. The van der Waals surface area contributed by atoms with E-state index in [1.54, 1.807) is 36.4 Å². The monoisotopic (exact) mass is 766 g/mol. The molecule has 0 spiro atoms. The number of benzene rings is 4. The smallest absolute Gasteiger partial charge is 0.282 e. The highest BCUT2D eigenvalue weighted by Gasteiger charge is 2.17. The van der Waals surface area contributed by atoms with Crippen LogP contribution in [0.3, 0.4) is 0 Å². The quantitative estimate of drug-likeness (QED) is 0.166. The van der Waals surface area contributed by atoms with Gasteiger partial charge in [0, 0.05) is 15.5 Å². The van der Waals surface area contributed by atoms with Crippen molar-refractivity contribution in [1.29, 1.82) is 0 Å². The number of amides is 1. The summed E-state index contributed by atoms with van der Waals surface area (Å²) in [4.78, 5) is 30.6. The Kier molecular flexibility index (Phi) is 8.24. The molecule has 0 aliphatic carbocycles. The van der Waals surface area contributed by atoms with Gasteiger partial charge in [-0.25, -0.2) is 9.37 Å². The second-order valence-electron chi connectivity index (χ2n) is 9.27. The van der Waals surface area contributed by atoms with E-state index in [1.165, 1.54) is 29.1 Å². The third-order valence-corrected chi connectivity index (χ3v) is 7.92. The van der Waals surface area contributed by atoms with Gasteiger partial charge in [0.05, 0.1) is 26.1 Å². The summed E-state index contributed by atoms with van der Waals surface area (Å²) in [5, 5.41) is 8.34. The van der Waals surface area contributed by atoms with E-state index in [4.69, 9.17) is 14.1 Å². The van der Waals surface area contributed by atoms with Gasteiger partial charge in [0.25, 0.3) is 11.5 Å². The number of hydrogen-bond donors (Lipinski definition) is 1. The first-order valence-corrected chi connectivity index (χ1v) is 15.1. The molecule has 0 saturated carbocycles. The van der Waals surface area contributed by atoms with Crippen molar-refractivity contribution in [1.82, 2.24) is 9.66 Å². The van der Waals surface area contributed by atoms with Crippen LogP contribution in [0.5, 0.6) is 5.75 Å². The second kappa shape index (κ2) is 12.2. The Hall–Kier alpha value is -4.13. The first kappa shape index (κ1) is 29.0. The van der Waals surface area contributed by atoms with E-state index in [2.05, 4.69) is 58.2 Å². The van der Waals surface area contributed by atoms with E-state index < -0.39 is 11.7 Å². The van der Waals surface area contributed by atoms with Crippen molar-refractivity contribution >= 4 is 87.5 Å². The summed E-state index contributed by atoms with van der Waals surface area (Å²) >= 11 is 10.4. The summed E-state index contributed by atoms with van der Waals surface area (Å²) in [6.07, 6.45) is 1.51. The molecule has 1 amide bonds. The van der Waals surface area contributed by atoms with Gasteiger partial charge in [-0.3, -0.25) is 9.59 Å². The van der Waals surface area contributed by atoms with Gasteiger partial charge in [0.15, 0.2) is 12.4 Å². The Morgan fingerprint density at radius 3 is 2.58 bits per heavy atom. The van der Waals surface area contributed by atoms with Crippen LogP contribution in [-0.2, 0) is 4.79 Å². The molecule has 0 aliphatic heterocycles. The van der Waals surface area contributed by atoms with E-state index in [-0.39, 0.29) is 18.0 Å². The highest BCUT2D eigenvalue weighted by molar-refractivity contribution is 9.11. The summed E-state index contributed by atoms with van der Waals surface area (Å²) in [6.45, 7) is -0.309. The van der Waals surface area contributed by atoms with E-state index in [0.29, 0.717) is 48.2 Å². The number of ether oxygens (including phenoxy) is 1. The molecular formula is C31H18Br3FN4O4. The van der Waals surface area contributed by atoms with Crippen LogP contribution in [0, 0.1) is 5.82 Å². The Labute approximate surface area is 268 Å². The lowest BCUT2D eigenvalue weighted by molar-refractivity contribution is -0.118. The molecular weight excluding hydrogens is 751 g/mol. The van der Waals surface area contributed by atoms with Gasteiger partial charge >= 0.3 is 0 Å². The lowest BCUT2D eigenvalue weighted by Crippen LogP contribution is -2.20. The molecule has 0 bridgehead atoms. The van der Waals surface area contributed by atoms with Gasteiger partial charge in [-0.05, 0) is 104 Å². The van der Waals surface area contributed by atoms with Crippen LogP contribution in [0.25, 0.3) is 33.5 Å². The molecule has 2 aromatic heterocycles. The van der Waals surface area contributed by atoms with Crippen LogP contribution in [0.15, 0.2) is 113 Å². The number of carbonyl (C=O) groups excluding carboxylic acids is 1. The molecule has 6 aromatic rings. The van der Waals surface area contributed by atoms with Crippen LogP contribution >= 0.6 is 47.8 Å². The third kappa shape index (κ3) is 6.31. The zero-order valence-corrected chi connectivity index (χ0v) is 26.6. The summed E-state index contributed by atoms with van der Waals surface area (Å²) in [5.74, 6) is 0.0976. The lowest BCUT2D eigenvalue weighted by Gasteiger charge is -2.12. The molecule has 43 heavy (non-hydrogen) atoms. The molecule has 0 radical (unpaired) electrons. The van der Waals surface area contributed by atoms with Crippen molar-refractivity contribution in [2.75, 3.05) is 11.9 Å². The molecule has 12 heteroatoms. The first-order chi connectivity index (χ1) is 20.7. The Balaban J connectivity index is 1.30. The topological polar surface area (TPSA) is 98.7 Å². The number of anilines is 1. The highest BCUT2D eigenvalue weighted by Crippen LogP contribution is 2.35. The summed E-state index contributed by atoms with van der Waals surface area (Å²) in [7, 11) is 0. The van der Waals surface area contributed by atoms with Crippen molar-refractivity contribution in [2.24, 2.45) is 5.10 Å². The number of hydrogen-bond acceptors (Lipinski definition) is 6. The summed E-state index contributed by atoms with van der Waals surface area (Å²) < 4.78 is 28.3. The number of carbonyl (C=O) groups is 1. The Morgan fingerprint density at radius 1 is 1.00 bits per heavy atom. The van der Waals surface area contributed by atoms with E-state index >= 15 is 0 Å². The number of halogens is 4. The largest absolute Gasteiger partial charge is 0.481 e. The molecule has 0 atom stereocenters. The lowest BCUT2D eigenvalue weighted by atomic mass is 10.2. The molecule has 1 N–H and O–H groups in total. The van der Waals surface area contributed by atoms with Gasteiger partial charge in [-0.15, -0.1) is 0 Å². The van der Waals surface area contributed by atoms with Crippen LogP contribution in [0.1, 0.15) is 5.56 Å². The third-order valence-electron chi connectivity index (χ3n) is 6.25. The fourth-order valence-corrected chi connectivity index (χ4v) is 6.16. The van der Waals surface area contributed by atoms with Gasteiger partial charge < -0.3 is 14.5 Å². The zero-order valence-electron chi connectivity index (χ0n) is 21.9. The Morgan fingerprint density at radius 2 is 1.79 bits per heavy atom. The van der Waals surface area contributed by atoms with E-state index in [9.17, 15) is 14.0 Å². The minimum atomic E-state index is -0.457. The van der Waals surface area contributed by atoms with Crippen molar-refractivity contribution in [2.45, 2.75) is 0 Å². The van der Waals surface area contributed by atoms with Gasteiger partial charge in [0.1, 0.15) is 17.1 Å². The second-order valence-corrected chi connectivity index (χ2v) is 11.9. The maximum absolute atomic E-state index is 13.6. The standard InChI is InChI=1S/C31H18Br3FN4O4/c32-19-8-9-26-18(12-19)13-27(43-26)30-38-25-7-2-1-6-22(25)31(41)39(30)36-15-17-10-23(33)29(24(34)11-17)42-16-28(40)37-21-5-3-4-20(35)14-21/h1-15H,16H2,(H,37,40). The molecule has 0 unspecified atom stereocenters. The molecule has 0 saturated heterocycles.